The minimum absolute atomic E-state index is 0.0956. The molecular weight excluding hydrogens is 461 g/mol. The lowest BCUT2D eigenvalue weighted by Crippen LogP contribution is -2.42. The SMILES string of the molecule is COc1ccc(NC=CC(=O)c2cn(Cc3ccccc3)c(=O)n(Cc3ccc(F)cc3)c2=O)cc1. The van der Waals surface area contributed by atoms with E-state index in [4.69, 9.17) is 4.74 Å². The lowest BCUT2D eigenvalue weighted by molar-refractivity contribution is 0.104. The Kier molecular flexibility index (Phi) is 7.55. The van der Waals surface area contributed by atoms with Gasteiger partial charge < -0.3 is 10.1 Å². The fraction of sp³-hybridized carbons (Fsp3) is 0.107. The second-order valence-electron chi connectivity index (χ2n) is 8.03. The molecule has 0 aliphatic heterocycles. The topological polar surface area (TPSA) is 82.3 Å². The van der Waals surface area contributed by atoms with Gasteiger partial charge in [0.2, 0.25) is 0 Å². The third kappa shape index (κ3) is 5.85. The molecule has 7 nitrogen and oxygen atoms in total. The average molecular weight is 486 g/mol. The number of rotatable bonds is 9. The van der Waals surface area contributed by atoms with E-state index in [1.807, 2.05) is 30.3 Å². The summed E-state index contributed by atoms with van der Waals surface area (Å²) in [6, 6.07) is 21.8. The van der Waals surface area contributed by atoms with Gasteiger partial charge in [0.25, 0.3) is 5.56 Å². The van der Waals surface area contributed by atoms with Crippen molar-refractivity contribution in [2.45, 2.75) is 13.1 Å². The zero-order chi connectivity index (χ0) is 25.5. The Morgan fingerprint density at radius 2 is 1.58 bits per heavy atom. The van der Waals surface area contributed by atoms with E-state index in [9.17, 15) is 18.8 Å². The van der Waals surface area contributed by atoms with Crippen molar-refractivity contribution in [1.29, 1.82) is 0 Å². The number of ether oxygens (including phenoxy) is 1. The Bertz CT molecular complexity index is 1490. The molecule has 0 fully saturated rings. The van der Waals surface area contributed by atoms with Crippen LogP contribution >= 0.6 is 0 Å². The largest absolute Gasteiger partial charge is 0.497 e. The zero-order valence-corrected chi connectivity index (χ0v) is 19.6. The van der Waals surface area contributed by atoms with Gasteiger partial charge in [0.05, 0.1) is 20.2 Å². The molecular formula is C28H24FN3O4. The smallest absolute Gasteiger partial charge is 0.331 e. The first kappa shape index (κ1) is 24.4. The van der Waals surface area contributed by atoms with Crippen LogP contribution in [0, 0.1) is 5.82 Å². The number of nitrogens with zero attached hydrogens (tertiary/aromatic N) is 2. The molecule has 1 N–H and O–H groups in total. The molecule has 8 heteroatoms. The summed E-state index contributed by atoms with van der Waals surface area (Å²) < 4.78 is 20.8. The third-order valence-corrected chi connectivity index (χ3v) is 5.53. The number of halogens is 1. The first-order chi connectivity index (χ1) is 17.4. The molecule has 1 aromatic heterocycles. The maximum absolute atomic E-state index is 13.3. The van der Waals surface area contributed by atoms with Crippen LogP contribution < -0.4 is 21.3 Å². The molecule has 36 heavy (non-hydrogen) atoms. The van der Waals surface area contributed by atoms with Crippen molar-refractivity contribution >= 4 is 11.5 Å². The van der Waals surface area contributed by atoms with Crippen molar-refractivity contribution in [2.24, 2.45) is 0 Å². The van der Waals surface area contributed by atoms with Gasteiger partial charge in [-0.05, 0) is 47.5 Å². The predicted octanol–water partition coefficient (Wildman–Crippen LogP) is 4.06. The Hall–Kier alpha value is -4.72. The van der Waals surface area contributed by atoms with Gasteiger partial charge in [-0.1, -0.05) is 42.5 Å². The predicted molar refractivity (Wildman–Crippen MR) is 136 cm³/mol. The molecule has 182 valence electrons. The van der Waals surface area contributed by atoms with E-state index in [0.29, 0.717) is 11.3 Å². The molecule has 0 unspecified atom stereocenters. The van der Waals surface area contributed by atoms with Crippen molar-refractivity contribution in [1.82, 2.24) is 9.13 Å². The molecule has 0 radical (unpaired) electrons. The van der Waals surface area contributed by atoms with Crippen LogP contribution in [0.4, 0.5) is 10.1 Å². The summed E-state index contributed by atoms with van der Waals surface area (Å²) in [5.74, 6) is -0.287. The molecule has 1 heterocycles. The Labute approximate surface area is 206 Å². The van der Waals surface area contributed by atoms with Gasteiger partial charge in [0.1, 0.15) is 17.1 Å². The van der Waals surface area contributed by atoms with Crippen LogP contribution in [0.2, 0.25) is 0 Å². The minimum atomic E-state index is -0.715. The van der Waals surface area contributed by atoms with Crippen LogP contribution in [-0.2, 0) is 13.1 Å². The highest BCUT2D eigenvalue weighted by Crippen LogP contribution is 2.15. The molecule has 4 aromatic rings. The number of benzene rings is 3. The molecule has 0 aliphatic rings. The van der Waals surface area contributed by atoms with Crippen molar-refractivity contribution in [3.8, 4) is 5.75 Å². The summed E-state index contributed by atoms with van der Waals surface area (Å²) in [6.45, 7) is 0.0825. The number of aromatic nitrogens is 2. The van der Waals surface area contributed by atoms with Gasteiger partial charge in [-0.3, -0.25) is 18.7 Å². The summed E-state index contributed by atoms with van der Waals surface area (Å²) in [4.78, 5) is 39.4. The quantitative estimate of drug-likeness (QED) is 0.286. The molecule has 0 saturated heterocycles. The van der Waals surface area contributed by atoms with Crippen LogP contribution in [0.3, 0.4) is 0 Å². The first-order valence-electron chi connectivity index (χ1n) is 11.2. The van der Waals surface area contributed by atoms with E-state index in [2.05, 4.69) is 5.32 Å². The number of carbonyl (C=O) groups is 1. The van der Waals surface area contributed by atoms with Crippen LogP contribution in [-0.4, -0.2) is 22.0 Å². The van der Waals surface area contributed by atoms with E-state index in [0.717, 1.165) is 15.8 Å². The molecule has 0 atom stereocenters. The first-order valence-corrected chi connectivity index (χ1v) is 11.2. The summed E-state index contributed by atoms with van der Waals surface area (Å²) in [7, 11) is 1.57. The van der Waals surface area contributed by atoms with E-state index in [1.165, 1.54) is 47.3 Å². The van der Waals surface area contributed by atoms with Crippen LogP contribution in [0.15, 0.2) is 107 Å². The molecule has 3 aromatic carbocycles. The second-order valence-corrected chi connectivity index (χ2v) is 8.03. The summed E-state index contributed by atoms with van der Waals surface area (Å²) in [5.41, 5.74) is 0.686. The van der Waals surface area contributed by atoms with E-state index in [1.54, 1.807) is 31.4 Å². The maximum Gasteiger partial charge on any atom is 0.331 e. The highest BCUT2D eigenvalue weighted by atomic mass is 19.1. The number of anilines is 1. The van der Waals surface area contributed by atoms with Crippen molar-refractivity contribution in [3.63, 3.8) is 0 Å². The fourth-order valence-electron chi connectivity index (χ4n) is 3.62. The van der Waals surface area contributed by atoms with Crippen LogP contribution in [0.1, 0.15) is 21.5 Å². The Morgan fingerprint density at radius 1 is 0.917 bits per heavy atom. The normalized spacial score (nSPS) is 10.9. The highest BCUT2D eigenvalue weighted by Gasteiger charge is 2.16. The number of allylic oxidation sites excluding steroid dienone is 1. The third-order valence-electron chi connectivity index (χ3n) is 5.53. The minimum Gasteiger partial charge on any atom is -0.497 e. The lowest BCUT2D eigenvalue weighted by Gasteiger charge is -2.13. The Balaban J connectivity index is 1.67. The van der Waals surface area contributed by atoms with Crippen molar-refractivity contribution in [2.75, 3.05) is 12.4 Å². The Morgan fingerprint density at radius 3 is 2.25 bits per heavy atom. The van der Waals surface area contributed by atoms with Crippen LogP contribution in [0.25, 0.3) is 0 Å². The molecule has 0 saturated carbocycles. The monoisotopic (exact) mass is 485 g/mol. The van der Waals surface area contributed by atoms with Gasteiger partial charge in [-0.15, -0.1) is 0 Å². The van der Waals surface area contributed by atoms with E-state index >= 15 is 0 Å². The maximum atomic E-state index is 13.3. The van der Waals surface area contributed by atoms with Gasteiger partial charge in [0, 0.05) is 24.2 Å². The lowest BCUT2D eigenvalue weighted by atomic mass is 10.2. The number of nitrogens with one attached hydrogen (secondary N) is 1. The second kappa shape index (κ2) is 11.1. The number of hydrogen-bond acceptors (Lipinski definition) is 5. The molecule has 0 amide bonds. The van der Waals surface area contributed by atoms with Gasteiger partial charge in [-0.2, -0.15) is 0 Å². The number of carbonyl (C=O) groups excluding carboxylic acids is 1. The van der Waals surface area contributed by atoms with Crippen molar-refractivity contribution < 1.29 is 13.9 Å². The molecule has 4 rings (SSSR count). The summed E-state index contributed by atoms with van der Waals surface area (Å²) >= 11 is 0. The van der Waals surface area contributed by atoms with E-state index < -0.39 is 22.8 Å². The number of methoxy groups -OCH3 is 1. The van der Waals surface area contributed by atoms with Crippen LogP contribution in [0.5, 0.6) is 5.75 Å². The molecule has 0 spiro atoms. The number of hydrogen-bond donors (Lipinski definition) is 1. The summed E-state index contributed by atoms with van der Waals surface area (Å²) in [5, 5.41) is 2.97. The van der Waals surface area contributed by atoms with Crippen molar-refractivity contribution in [3.05, 3.63) is 141 Å². The van der Waals surface area contributed by atoms with Gasteiger partial charge >= 0.3 is 5.69 Å². The molecule has 0 bridgehead atoms. The van der Waals surface area contributed by atoms with E-state index in [-0.39, 0.29) is 18.7 Å². The fourth-order valence-corrected chi connectivity index (χ4v) is 3.62. The number of ketones is 1. The summed E-state index contributed by atoms with van der Waals surface area (Å²) in [6.07, 6.45) is 3.96. The molecule has 0 aliphatic carbocycles. The van der Waals surface area contributed by atoms with Gasteiger partial charge in [0.15, 0.2) is 5.78 Å². The zero-order valence-electron chi connectivity index (χ0n) is 19.6. The average Bonchev–Trinajstić information content (AvgIpc) is 2.90. The highest BCUT2D eigenvalue weighted by molar-refractivity contribution is 6.04. The standard InChI is InChI=1S/C28H24FN3O4/c1-36-24-13-11-23(12-14-24)30-16-15-26(33)25-19-31(17-20-5-3-2-4-6-20)28(35)32(27(25)34)18-21-7-9-22(29)10-8-21/h2-16,19,30H,17-18H2,1H3. The van der Waals surface area contributed by atoms with Gasteiger partial charge in [-0.25, -0.2) is 9.18 Å².